The van der Waals surface area contributed by atoms with Crippen molar-refractivity contribution in [2.75, 3.05) is 19.5 Å². The van der Waals surface area contributed by atoms with Gasteiger partial charge in [0.05, 0.1) is 25.3 Å². The Morgan fingerprint density at radius 3 is 2.43 bits per heavy atom. The molecule has 0 unspecified atom stereocenters. The first kappa shape index (κ1) is 16.8. The van der Waals surface area contributed by atoms with Gasteiger partial charge in [-0.1, -0.05) is 6.07 Å². The number of thiophene rings is 1. The zero-order chi connectivity index (χ0) is 17.1. The smallest absolute Gasteiger partial charge is 0.260 e. The molecule has 2 rings (SSSR count). The summed E-state index contributed by atoms with van der Waals surface area (Å²) >= 11 is 1.31. The average molecular weight is 334 g/mol. The van der Waals surface area contributed by atoms with Crippen LogP contribution in [0.15, 0.2) is 18.2 Å². The van der Waals surface area contributed by atoms with Crippen molar-refractivity contribution in [1.82, 2.24) is 0 Å². The van der Waals surface area contributed by atoms with Crippen molar-refractivity contribution in [3.05, 3.63) is 39.8 Å². The molecule has 0 radical (unpaired) electrons. The van der Waals surface area contributed by atoms with Crippen molar-refractivity contribution in [1.29, 1.82) is 0 Å². The van der Waals surface area contributed by atoms with Gasteiger partial charge in [-0.3, -0.25) is 9.59 Å². The molecule has 7 heteroatoms. The molecule has 1 heterocycles. The number of hydrogen-bond acceptors (Lipinski definition) is 5. The van der Waals surface area contributed by atoms with Gasteiger partial charge in [0.15, 0.2) is 11.5 Å². The van der Waals surface area contributed by atoms with Gasteiger partial charge in [0.2, 0.25) is 0 Å². The topological polar surface area (TPSA) is 90.6 Å². The van der Waals surface area contributed by atoms with Crippen LogP contribution in [0.2, 0.25) is 0 Å². The van der Waals surface area contributed by atoms with Crippen LogP contribution in [0.5, 0.6) is 11.5 Å². The van der Waals surface area contributed by atoms with Crippen LogP contribution >= 0.6 is 11.3 Å². The number of carbonyl (C=O) groups is 2. The van der Waals surface area contributed by atoms with Gasteiger partial charge in [0.1, 0.15) is 5.00 Å². The quantitative estimate of drug-likeness (QED) is 0.879. The summed E-state index contributed by atoms with van der Waals surface area (Å²) in [5, 5.41) is 3.17. The van der Waals surface area contributed by atoms with Gasteiger partial charge in [0, 0.05) is 4.88 Å². The minimum atomic E-state index is -0.570. The van der Waals surface area contributed by atoms with Gasteiger partial charge in [-0.15, -0.1) is 11.3 Å². The van der Waals surface area contributed by atoms with Crippen LogP contribution in [-0.2, 0) is 0 Å². The Bertz CT molecular complexity index is 768. The number of para-hydroxylation sites is 1. The second-order valence-corrected chi connectivity index (χ2v) is 6.07. The van der Waals surface area contributed by atoms with E-state index in [1.54, 1.807) is 25.1 Å². The van der Waals surface area contributed by atoms with E-state index >= 15 is 0 Å². The van der Waals surface area contributed by atoms with Crippen molar-refractivity contribution in [2.24, 2.45) is 5.73 Å². The zero-order valence-electron chi connectivity index (χ0n) is 13.4. The van der Waals surface area contributed by atoms with Crippen LogP contribution in [0.1, 0.15) is 31.2 Å². The normalized spacial score (nSPS) is 10.3. The molecule has 0 aliphatic heterocycles. The third-order valence-electron chi connectivity index (χ3n) is 3.51. The van der Waals surface area contributed by atoms with E-state index in [4.69, 9.17) is 15.2 Å². The molecule has 0 aliphatic carbocycles. The van der Waals surface area contributed by atoms with Crippen molar-refractivity contribution in [3.8, 4) is 11.5 Å². The lowest BCUT2D eigenvalue weighted by Gasteiger charge is -2.12. The number of methoxy groups -OCH3 is 2. The number of anilines is 1. The van der Waals surface area contributed by atoms with Gasteiger partial charge in [-0.2, -0.15) is 0 Å². The van der Waals surface area contributed by atoms with E-state index in [9.17, 15) is 9.59 Å². The molecule has 2 amide bonds. The first-order valence-corrected chi connectivity index (χ1v) is 7.64. The van der Waals surface area contributed by atoms with E-state index in [0.29, 0.717) is 27.6 Å². The summed E-state index contributed by atoms with van der Waals surface area (Å²) in [6.07, 6.45) is 0. The lowest BCUT2D eigenvalue weighted by atomic mass is 10.1. The lowest BCUT2D eigenvalue weighted by molar-refractivity contribution is 0.100. The minimum absolute atomic E-state index is 0.311. The van der Waals surface area contributed by atoms with Gasteiger partial charge in [0.25, 0.3) is 11.8 Å². The highest BCUT2D eigenvalue weighted by Crippen LogP contribution is 2.34. The number of rotatable bonds is 5. The molecular weight excluding hydrogens is 316 g/mol. The summed E-state index contributed by atoms with van der Waals surface area (Å²) in [5.74, 6) is -0.184. The van der Waals surface area contributed by atoms with Crippen LogP contribution in [0.3, 0.4) is 0 Å². The van der Waals surface area contributed by atoms with Crippen LogP contribution in [0.4, 0.5) is 5.00 Å². The second-order valence-electron chi connectivity index (χ2n) is 4.85. The summed E-state index contributed by atoms with van der Waals surface area (Å²) in [4.78, 5) is 25.1. The number of amides is 2. The Morgan fingerprint density at radius 2 is 1.87 bits per heavy atom. The Morgan fingerprint density at radius 1 is 1.17 bits per heavy atom. The highest BCUT2D eigenvalue weighted by Gasteiger charge is 2.22. The van der Waals surface area contributed by atoms with E-state index in [2.05, 4.69) is 5.32 Å². The maximum absolute atomic E-state index is 12.6. The fourth-order valence-electron chi connectivity index (χ4n) is 2.25. The molecule has 2 aromatic rings. The van der Waals surface area contributed by atoms with E-state index < -0.39 is 11.8 Å². The fraction of sp³-hybridized carbons (Fsp3) is 0.250. The molecule has 3 N–H and O–H groups in total. The maximum Gasteiger partial charge on any atom is 0.260 e. The molecule has 6 nitrogen and oxygen atoms in total. The molecule has 23 heavy (non-hydrogen) atoms. The molecule has 0 saturated carbocycles. The van der Waals surface area contributed by atoms with Gasteiger partial charge in [-0.25, -0.2) is 0 Å². The van der Waals surface area contributed by atoms with Gasteiger partial charge >= 0.3 is 0 Å². The SMILES string of the molecule is COc1cccc(C(=O)Nc2sc(C)c(C)c2C(N)=O)c1OC. The summed E-state index contributed by atoms with van der Waals surface area (Å²) < 4.78 is 10.4. The lowest BCUT2D eigenvalue weighted by Crippen LogP contribution is -2.18. The number of aryl methyl sites for hydroxylation is 1. The fourth-order valence-corrected chi connectivity index (χ4v) is 3.31. The third-order valence-corrected chi connectivity index (χ3v) is 4.63. The van der Waals surface area contributed by atoms with Crippen molar-refractivity contribution in [2.45, 2.75) is 13.8 Å². The van der Waals surface area contributed by atoms with Crippen LogP contribution < -0.4 is 20.5 Å². The number of benzene rings is 1. The number of primary amides is 1. The summed E-state index contributed by atoms with van der Waals surface area (Å²) in [5.41, 5.74) is 6.84. The highest BCUT2D eigenvalue weighted by atomic mass is 32.1. The van der Waals surface area contributed by atoms with Crippen LogP contribution in [0, 0.1) is 13.8 Å². The Labute approximate surface area is 138 Å². The molecule has 0 saturated heterocycles. The predicted molar refractivity (Wildman–Crippen MR) is 89.8 cm³/mol. The molecule has 0 atom stereocenters. The zero-order valence-corrected chi connectivity index (χ0v) is 14.2. The standard InChI is InChI=1S/C16H18N2O4S/c1-8-9(2)23-16(12(8)14(17)19)18-15(20)10-6-5-7-11(21-3)13(10)22-4/h5-7H,1-4H3,(H2,17,19)(H,18,20). The summed E-state index contributed by atoms with van der Waals surface area (Å²) in [7, 11) is 2.96. The molecule has 0 aliphatic rings. The first-order chi connectivity index (χ1) is 10.9. The number of ether oxygens (including phenoxy) is 2. The molecule has 0 bridgehead atoms. The average Bonchev–Trinajstić information content (AvgIpc) is 2.80. The monoisotopic (exact) mass is 334 g/mol. The minimum Gasteiger partial charge on any atom is -0.493 e. The molecule has 0 spiro atoms. The van der Waals surface area contributed by atoms with E-state index in [1.165, 1.54) is 25.6 Å². The molecular formula is C16H18N2O4S. The van der Waals surface area contributed by atoms with Crippen molar-refractivity contribution >= 4 is 28.2 Å². The van der Waals surface area contributed by atoms with Crippen LogP contribution in [-0.4, -0.2) is 26.0 Å². The summed E-state index contributed by atoms with van der Waals surface area (Å²) in [6.45, 7) is 3.67. The van der Waals surface area contributed by atoms with Crippen LogP contribution in [0.25, 0.3) is 0 Å². The van der Waals surface area contributed by atoms with Gasteiger partial charge < -0.3 is 20.5 Å². The van der Waals surface area contributed by atoms with Crippen molar-refractivity contribution < 1.29 is 19.1 Å². The number of nitrogens with one attached hydrogen (secondary N) is 1. The molecule has 0 fully saturated rings. The highest BCUT2D eigenvalue weighted by molar-refractivity contribution is 7.16. The largest absolute Gasteiger partial charge is 0.493 e. The first-order valence-electron chi connectivity index (χ1n) is 6.82. The Balaban J connectivity index is 2.41. The summed E-state index contributed by atoms with van der Waals surface area (Å²) in [6, 6.07) is 5.01. The number of hydrogen-bond donors (Lipinski definition) is 2. The van der Waals surface area contributed by atoms with E-state index in [-0.39, 0.29) is 0 Å². The number of carbonyl (C=O) groups excluding carboxylic acids is 2. The third kappa shape index (κ3) is 3.14. The Hall–Kier alpha value is -2.54. The van der Waals surface area contributed by atoms with Crippen molar-refractivity contribution in [3.63, 3.8) is 0 Å². The molecule has 1 aromatic carbocycles. The molecule has 1 aromatic heterocycles. The predicted octanol–water partition coefficient (Wildman–Crippen LogP) is 2.73. The second kappa shape index (κ2) is 6.70. The van der Waals surface area contributed by atoms with Gasteiger partial charge in [-0.05, 0) is 31.5 Å². The molecule has 122 valence electrons. The van der Waals surface area contributed by atoms with E-state index in [1.807, 2.05) is 6.92 Å². The number of nitrogens with two attached hydrogens (primary N) is 1. The maximum atomic E-state index is 12.6. The van der Waals surface area contributed by atoms with E-state index in [0.717, 1.165) is 10.4 Å². The Kier molecular flexibility index (Phi) is 4.90.